The standard InChI is InChI=1S/C17H30N4O.ClH/c22-17(15(13-1-2-13)20-9-5-18-6-10-20)16(14-3-4-14)21-11-7-19-8-12-21;/h13-16,18-19H,1-12H2;1H. The summed E-state index contributed by atoms with van der Waals surface area (Å²) in [5, 5.41) is 6.85. The highest BCUT2D eigenvalue weighted by Crippen LogP contribution is 2.41. The van der Waals surface area contributed by atoms with Gasteiger partial charge in [0.2, 0.25) is 0 Å². The first kappa shape index (κ1) is 17.6. The van der Waals surface area contributed by atoms with Gasteiger partial charge in [-0.05, 0) is 37.5 Å². The fourth-order valence-electron chi connectivity index (χ4n) is 4.34. The molecule has 4 fully saturated rings. The van der Waals surface area contributed by atoms with Crippen LogP contribution in [0, 0.1) is 11.8 Å². The van der Waals surface area contributed by atoms with E-state index in [1.165, 1.54) is 25.7 Å². The molecular formula is C17H31ClN4O. The van der Waals surface area contributed by atoms with Gasteiger partial charge in [-0.25, -0.2) is 0 Å². The van der Waals surface area contributed by atoms with Crippen LogP contribution in [0.25, 0.3) is 0 Å². The minimum Gasteiger partial charge on any atom is -0.314 e. The SMILES string of the molecule is Cl.O=C(C(C1CC1)N1CCNCC1)C(C1CC1)N1CCNCC1. The normalized spacial score (nSPS) is 29.6. The number of carbonyl (C=O) groups excluding carboxylic acids is 1. The van der Waals surface area contributed by atoms with Gasteiger partial charge >= 0.3 is 0 Å². The molecule has 2 unspecified atom stereocenters. The van der Waals surface area contributed by atoms with E-state index in [9.17, 15) is 4.79 Å². The van der Waals surface area contributed by atoms with Crippen molar-refractivity contribution in [1.29, 1.82) is 0 Å². The van der Waals surface area contributed by atoms with E-state index in [4.69, 9.17) is 0 Å². The number of hydrogen-bond acceptors (Lipinski definition) is 5. The lowest BCUT2D eigenvalue weighted by atomic mass is 9.94. The molecule has 2 saturated heterocycles. The van der Waals surface area contributed by atoms with E-state index in [0.717, 1.165) is 52.4 Å². The second-order valence-electron chi connectivity index (χ2n) is 7.54. The van der Waals surface area contributed by atoms with Crippen molar-refractivity contribution in [2.45, 2.75) is 37.8 Å². The molecule has 23 heavy (non-hydrogen) atoms. The molecule has 5 nitrogen and oxygen atoms in total. The minimum atomic E-state index is 0. The number of ketones is 1. The van der Waals surface area contributed by atoms with E-state index in [1.54, 1.807) is 0 Å². The minimum absolute atomic E-state index is 0. The third kappa shape index (κ3) is 4.07. The van der Waals surface area contributed by atoms with Gasteiger partial charge < -0.3 is 10.6 Å². The van der Waals surface area contributed by atoms with Gasteiger partial charge in [0.1, 0.15) is 0 Å². The molecule has 4 rings (SSSR count). The molecule has 2 aliphatic heterocycles. The molecule has 2 saturated carbocycles. The molecule has 0 aromatic carbocycles. The number of rotatable bonds is 6. The van der Waals surface area contributed by atoms with Crippen LogP contribution in [0.15, 0.2) is 0 Å². The van der Waals surface area contributed by atoms with E-state index in [-0.39, 0.29) is 24.5 Å². The lowest BCUT2D eigenvalue weighted by Gasteiger charge is -2.40. The van der Waals surface area contributed by atoms with Crippen LogP contribution in [0.1, 0.15) is 25.7 Å². The first-order valence-corrected chi connectivity index (χ1v) is 9.28. The van der Waals surface area contributed by atoms with E-state index in [2.05, 4.69) is 20.4 Å². The number of piperazine rings is 2. The molecule has 2 N–H and O–H groups in total. The molecule has 0 aromatic rings. The van der Waals surface area contributed by atoms with Crippen LogP contribution >= 0.6 is 12.4 Å². The Hall–Kier alpha value is -0.200. The van der Waals surface area contributed by atoms with Gasteiger partial charge in [-0.1, -0.05) is 0 Å². The first-order chi connectivity index (χ1) is 10.8. The maximum Gasteiger partial charge on any atom is 0.167 e. The highest BCUT2D eigenvalue weighted by Gasteiger charge is 2.48. The highest BCUT2D eigenvalue weighted by atomic mass is 35.5. The summed E-state index contributed by atoms with van der Waals surface area (Å²) in [5.74, 6) is 1.86. The summed E-state index contributed by atoms with van der Waals surface area (Å²) in [5.41, 5.74) is 0. The van der Waals surface area contributed by atoms with Gasteiger partial charge in [0, 0.05) is 52.4 Å². The molecule has 2 aliphatic carbocycles. The summed E-state index contributed by atoms with van der Waals surface area (Å²) >= 11 is 0. The monoisotopic (exact) mass is 342 g/mol. The largest absolute Gasteiger partial charge is 0.314 e. The second kappa shape index (κ2) is 7.79. The molecule has 2 atom stereocenters. The molecular weight excluding hydrogens is 312 g/mol. The summed E-state index contributed by atoms with van der Waals surface area (Å²) < 4.78 is 0. The molecule has 0 bridgehead atoms. The highest BCUT2D eigenvalue weighted by molar-refractivity contribution is 5.90. The zero-order valence-corrected chi connectivity index (χ0v) is 14.8. The van der Waals surface area contributed by atoms with Crippen LogP contribution < -0.4 is 10.6 Å². The molecule has 4 aliphatic rings. The molecule has 2 heterocycles. The van der Waals surface area contributed by atoms with Crippen molar-refractivity contribution in [2.75, 3.05) is 52.4 Å². The molecule has 0 amide bonds. The Morgan fingerprint density at radius 2 is 1.09 bits per heavy atom. The quantitative estimate of drug-likeness (QED) is 0.729. The van der Waals surface area contributed by atoms with Crippen LogP contribution in [0.2, 0.25) is 0 Å². The van der Waals surface area contributed by atoms with Gasteiger partial charge in [-0.15, -0.1) is 12.4 Å². The maximum absolute atomic E-state index is 13.5. The lowest BCUT2D eigenvalue weighted by molar-refractivity contribution is -0.132. The third-order valence-electron chi connectivity index (χ3n) is 5.81. The van der Waals surface area contributed by atoms with Gasteiger partial charge in [-0.2, -0.15) is 0 Å². The predicted molar refractivity (Wildman–Crippen MR) is 94.2 cm³/mol. The Balaban J connectivity index is 0.00000156. The number of nitrogens with zero attached hydrogens (tertiary/aromatic N) is 2. The number of nitrogens with one attached hydrogen (secondary N) is 2. The van der Waals surface area contributed by atoms with Crippen molar-refractivity contribution in [3.05, 3.63) is 0 Å². The van der Waals surface area contributed by atoms with E-state index in [0.29, 0.717) is 17.6 Å². The van der Waals surface area contributed by atoms with E-state index in [1.807, 2.05) is 0 Å². The van der Waals surface area contributed by atoms with Crippen LogP contribution in [0.5, 0.6) is 0 Å². The number of hydrogen-bond donors (Lipinski definition) is 2. The number of halogens is 1. The van der Waals surface area contributed by atoms with Crippen molar-refractivity contribution in [1.82, 2.24) is 20.4 Å². The first-order valence-electron chi connectivity index (χ1n) is 9.28. The van der Waals surface area contributed by atoms with E-state index >= 15 is 0 Å². The van der Waals surface area contributed by atoms with Crippen molar-refractivity contribution in [3.8, 4) is 0 Å². The van der Waals surface area contributed by atoms with Crippen molar-refractivity contribution < 1.29 is 4.79 Å². The van der Waals surface area contributed by atoms with Gasteiger partial charge in [0.05, 0.1) is 12.1 Å². The maximum atomic E-state index is 13.5. The van der Waals surface area contributed by atoms with Gasteiger partial charge in [-0.3, -0.25) is 14.6 Å². The Bertz CT molecular complexity index is 365. The van der Waals surface area contributed by atoms with Crippen LogP contribution in [-0.4, -0.2) is 80.0 Å². The Kier molecular flexibility index (Phi) is 5.97. The smallest absolute Gasteiger partial charge is 0.167 e. The summed E-state index contributed by atoms with van der Waals surface area (Å²) in [4.78, 5) is 18.5. The van der Waals surface area contributed by atoms with Crippen molar-refractivity contribution in [2.24, 2.45) is 11.8 Å². The molecule has 6 heteroatoms. The lowest BCUT2D eigenvalue weighted by Crippen LogP contribution is -2.59. The molecule has 132 valence electrons. The fourth-order valence-corrected chi connectivity index (χ4v) is 4.34. The molecule has 0 radical (unpaired) electrons. The van der Waals surface area contributed by atoms with Crippen LogP contribution in [0.4, 0.5) is 0 Å². The van der Waals surface area contributed by atoms with Gasteiger partial charge in [0.25, 0.3) is 0 Å². The number of Topliss-reactive ketones (excluding diaryl/α,β-unsaturated/α-hetero) is 1. The van der Waals surface area contributed by atoms with Crippen molar-refractivity contribution in [3.63, 3.8) is 0 Å². The molecule has 0 aromatic heterocycles. The van der Waals surface area contributed by atoms with Gasteiger partial charge in [0.15, 0.2) is 5.78 Å². The summed E-state index contributed by atoms with van der Waals surface area (Å²) in [7, 11) is 0. The van der Waals surface area contributed by atoms with Crippen molar-refractivity contribution >= 4 is 18.2 Å². The Morgan fingerprint density at radius 1 is 0.739 bits per heavy atom. The summed E-state index contributed by atoms with van der Waals surface area (Å²) in [6, 6.07) is 0.421. The number of carbonyl (C=O) groups is 1. The predicted octanol–water partition coefficient (Wildman–Crippen LogP) is 0.345. The van der Waals surface area contributed by atoms with E-state index < -0.39 is 0 Å². The topological polar surface area (TPSA) is 47.6 Å². The zero-order chi connectivity index (χ0) is 14.9. The van der Waals surface area contributed by atoms with Crippen LogP contribution in [-0.2, 0) is 4.79 Å². The summed E-state index contributed by atoms with van der Waals surface area (Å²) in [6.07, 6.45) is 5.05. The average Bonchev–Trinajstić information content (AvgIpc) is 3.44. The Labute approximate surface area is 145 Å². The Morgan fingerprint density at radius 3 is 1.39 bits per heavy atom. The average molecular weight is 343 g/mol. The molecule has 0 spiro atoms. The third-order valence-corrected chi connectivity index (χ3v) is 5.81. The zero-order valence-electron chi connectivity index (χ0n) is 14.0. The second-order valence-corrected chi connectivity index (χ2v) is 7.54. The van der Waals surface area contributed by atoms with Crippen LogP contribution in [0.3, 0.4) is 0 Å². The fraction of sp³-hybridized carbons (Fsp3) is 0.941. The summed E-state index contributed by atoms with van der Waals surface area (Å²) in [6.45, 7) is 8.35.